The lowest BCUT2D eigenvalue weighted by Crippen LogP contribution is -2.38. The van der Waals surface area contributed by atoms with Gasteiger partial charge in [0, 0.05) is 25.7 Å². The van der Waals surface area contributed by atoms with Crippen molar-refractivity contribution in [3.8, 4) is 11.5 Å². The van der Waals surface area contributed by atoms with E-state index in [4.69, 9.17) is 14.2 Å². The molecule has 19 heavy (non-hydrogen) atoms. The van der Waals surface area contributed by atoms with Gasteiger partial charge in [0.15, 0.2) is 6.29 Å². The monoisotopic (exact) mass is 265 g/mol. The second-order valence-corrected chi connectivity index (χ2v) is 4.32. The fourth-order valence-electron chi connectivity index (χ4n) is 1.97. The summed E-state index contributed by atoms with van der Waals surface area (Å²) in [7, 11) is 1.59. The van der Waals surface area contributed by atoms with Crippen molar-refractivity contribution in [1.29, 1.82) is 0 Å². The first kappa shape index (κ1) is 13.8. The van der Waals surface area contributed by atoms with Gasteiger partial charge in [-0.1, -0.05) is 0 Å². The Morgan fingerprint density at radius 3 is 2.84 bits per heavy atom. The van der Waals surface area contributed by atoms with Gasteiger partial charge in [-0.3, -0.25) is 9.69 Å². The second kappa shape index (κ2) is 7.11. The molecule has 0 bridgehead atoms. The normalized spacial score (nSPS) is 16.1. The third kappa shape index (κ3) is 3.94. The highest BCUT2D eigenvalue weighted by Gasteiger charge is 2.11. The minimum Gasteiger partial charge on any atom is -0.497 e. The Bertz CT molecular complexity index is 416. The highest BCUT2D eigenvalue weighted by atomic mass is 16.5. The summed E-state index contributed by atoms with van der Waals surface area (Å²) in [6.07, 6.45) is 0.795. The van der Waals surface area contributed by atoms with Crippen LogP contribution in [0.3, 0.4) is 0 Å². The van der Waals surface area contributed by atoms with Gasteiger partial charge in [0.25, 0.3) is 0 Å². The predicted octanol–water partition coefficient (Wildman–Crippen LogP) is 1.22. The lowest BCUT2D eigenvalue weighted by molar-refractivity contribution is 0.0322. The Morgan fingerprint density at radius 1 is 1.37 bits per heavy atom. The summed E-state index contributed by atoms with van der Waals surface area (Å²) in [5.74, 6) is 1.26. The van der Waals surface area contributed by atoms with Gasteiger partial charge in [-0.05, 0) is 12.1 Å². The molecule has 5 nitrogen and oxygen atoms in total. The van der Waals surface area contributed by atoms with Crippen molar-refractivity contribution in [2.24, 2.45) is 0 Å². The van der Waals surface area contributed by atoms with Crippen molar-refractivity contribution in [1.82, 2.24) is 4.90 Å². The molecule has 1 fully saturated rings. The zero-order chi connectivity index (χ0) is 13.5. The molecular formula is C14H19NO4. The summed E-state index contributed by atoms with van der Waals surface area (Å²) in [6, 6.07) is 5.19. The van der Waals surface area contributed by atoms with Crippen LogP contribution in [0.4, 0.5) is 0 Å². The fraction of sp³-hybridized carbons (Fsp3) is 0.500. The standard InChI is InChI=1S/C14H19NO4/c1-17-13-3-2-12(11-16)14(10-13)19-9-6-15-4-7-18-8-5-15/h2-3,10-11H,4-9H2,1H3. The SMILES string of the molecule is COc1ccc(C=O)c(OCCN2CCOCC2)c1. The topological polar surface area (TPSA) is 48.0 Å². The number of benzene rings is 1. The van der Waals surface area contributed by atoms with Crippen LogP contribution < -0.4 is 9.47 Å². The van der Waals surface area contributed by atoms with Gasteiger partial charge in [-0.2, -0.15) is 0 Å². The second-order valence-electron chi connectivity index (χ2n) is 4.32. The molecule has 1 aromatic carbocycles. The van der Waals surface area contributed by atoms with Crippen molar-refractivity contribution in [3.05, 3.63) is 23.8 Å². The number of morpholine rings is 1. The van der Waals surface area contributed by atoms with Crippen LogP contribution in [0, 0.1) is 0 Å². The number of ether oxygens (including phenoxy) is 3. The molecule has 0 amide bonds. The third-order valence-corrected chi connectivity index (χ3v) is 3.12. The van der Waals surface area contributed by atoms with Gasteiger partial charge in [0.05, 0.1) is 25.9 Å². The Balaban J connectivity index is 1.88. The molecule has 104 valence electrons. The molecule has 0 spiro atoms. The molecule has 1 heterocycles. The Kier molecular flexibility index (Phi) is 5.18. The molecule has 1 aromatic rings. The average molecular weight is 265 g/mol. The molecule has 0 N–H and O–H groups in total. The van der Waals surface area contributed by atoms with E-state index in [1.807, 2.05) is 0 Å². The molecular weight excluding hydrogens is 246 g/mol. The zero-order valence-corrected chi connectivity index (χ0v) is 11.1. The number of hydrogen-bond acceptors (Lipinski definition) is 5. The molecule has 0 aliphatic carbocycles. The van der Waals surface area contributed by atoms with Crippen LogP contribution >= 0.6 is 0 Å². The molecule has 1 aliphatic rings. The van der Waals surface area contributed by atoms with E-state index in [-0.39, 0.29) is 0 Å². The molecule has 1 aliphatic heterocycles. The number of nitrogens with zero attached hydrogens (tertiary/aromatic N) is 1. The maximum absolute atomic E-state index is 10.9. The van der Waals surface area contributed by atoms with Crippen molar-refractivity contribution >= 4 is 6.29 Å². The van der Waals surface area contributed by atoms with Crippen LogP contribution in [0.25, 0.3) is 0 Å². The average Bonchev–Trinajstić information content (AvgIpc) is 2.48. The van der Waals surface area contributed by atoms with E-state index in [0.717, 1.165) is 39.1 Å². The summed E-state index contributed by atoms with van der Waals surface area (Å²) in [4.78, 5) is 13.2. The predicted molar refractivity (Wildman–Crippen MR) is 71.1 cm³/mol. The van der Waals surface area contributed by atoms with Crippen LogP contribution in [0.1, 0.15) is 10.4 Å². The summed E-state index contributed by atoms with van der Waals surface area (Å²) in [6.45, 7) is 4.80. The van der Waals surface area contributed by atoms with E-state index in [1.165, 1.54) is 0 Å². The van der Waals surface area contributed by atoms with Gasteiger partial charge in [-0.25, -0.2) is 0 Å². The van der Waals surface area contributed by atoms with E-state index in [1.54, 1.807) is 25.3 Å². The first-order chi connectivity index (χ1) is 9.33. The highest BCUT2D eigenvalue weighted by molar-refractivity contribution is 5.79. The van der Waals surface area contributed by atoms with Gasteiger partial charge >= 0.3 is 0 Å². The Morgan fingerprint density at radius 2 is 2.16 bits per heavy atom. The van der Waals surface area contributed by atoms with Gasteiger partial charge < -0.3 is 14.2 Å². The largest absolute Gasteiger partial charge is 0.497 e. The van der Waals surface area contributed by atoms with Gasteiger partial charge in [0.2, 0.25) is 0 Å². The number of carbonyl (C=O) groups excluding carboxylic acids is 1. The van der Waals surface area contributed by atoms with E-state index in [9.17, 15) is 4.79 Å². The van der Waals surface area contributed by atoms with Crippen LogP contribution in [0.2, 0.25) is 0 Å². The first-order valence-corrected chi connectivity index (χ1v) is 6.39. The quantitative estimate of drug-likeness (QED) is 0.724. The van der Waals surface area contributed by atoms with E-state index in [2.05, 4.69) is 4.90 Å². The van der Waals surface area contributed by atoms with Crippen LogP contribution in [-0.2, 0) is 4.74 Å². The molecule has 5 heteroatoms. The summed E-state index contributed by atoms with van der Waals surface area (Å²) in [5.41, 5.74) is 0.544. The fourth-order valence-corrected chi connectivity index (χ4v) is 1.97. The number of methoxy groups -OCH3 is 1. The Hall–Kier alpha value is -1.59. The minimum atomic E-state index is 0.544. The maximum atomic E-state index is 10.9. The molecule has 0 atom stereocenters. The molecule has 0 radical (unpaired) electrons. The van der Waals surface area contributed by atoms with Crippen molar-refractivity contribution < 1.29 is 19.0 Å². The number of hydrogen-bond donors (Lipinski definition) is 0. The third-order valence-electron chi connectivity index (χ3n) is 3.12. The molecule has 1 saturated heterocycles. The summed E-state index contributed by atoms with van der Waals surface area (Å²) >= 11 is 0. The lowest BCUT2D eigenvalue weighted by Gasteiger charge is -2.26. The molecule has 0 aromatic heterocycles. The molecule has 0 unspecified atom stereocenters. The number of rotatable bonds is 6. The van der Waals surface area contributed by atoms with Crippen molar-refractivity contribution in [3.63, 3.8) is 0 Å². The van der Waals surface area contributed by atoms with E-state index >= 15 is 0 Å². The molecule has 0 saturated carbocycles. The van der Waals surface area contributed by atoms with Gasteiger partial charge in [-0.15, -0.1) is 0 Å². The zero-order valence-electron chi connectivity index (χ0n) is 11.1. The lowest BCUT2D eigenvalue weighted by atomic mass is 10.2. The highest BCUT2D eigenvalue weighted by Crippen LogP contribution is 2.23. The number of aldehydes is 1. The summed E-state index contributed by atoms with van der Waals surface area (Å²) < 4.78 is 16.1. The minimum absolute atomic E-state index is 0.544. The number of carbonyl (C=O) groups is 1. The van der Waals surface area contributed by atoms with Crippen LogP contribution in [0.15, 0.2) is 18.2 Å². The van der Waals surface area contributed by atoms with Crippen molar-refractivity contribution in [2.75, 3.05) is 46.6 Å². The maximum Gasteiger partial charge on any atom is 0.153 e. The smallest absolute Gasteiger partial charge is 0.153 e. The van der Waals surface area contributed by atoms with Crippen LogP contribution in [0.5, 0.6) is 11.5 Å². The van der Waals surface area contributed by atoms with Gasteiger partial charge in [0.1, 0.15) is 18.1 Å². The summed E-state index contributed by atoms with van der Waals surface area (Å²) in [5, 5.41) is 0. The van der Waals surface area contributed by atoms with E-state index in [0.29, 0.717) is 23.7 Å². The van der Waals surface area contributed by atoms with E-state index < -0.39 is 0 Å². The van der Waals surface area contributed by atoms with Crippen molar-refractivity contribution in [2.45, 2.75) is 0 Å². The first-order valence-electron chi connectivity index (χ1n) is 6.39. The molecule has 2 rings (SSSR count). The Labute approximate surface area is 113 Å². The van der Waals surface area contributed by atoms with Crippen LogP contribution in [-0.4, -0.2) is 57.8 Å².